The normalized spacial score (nSPS) is 17.5. The number of nitrogens with one attached hydrogen (secondary N) is 2. The summed E-state index contributed by atoms with van der Waals surface area (Å²) in [5.41, 5.74) is 8.81. The van der Waals surface area contributed by atoms with Gasteiger partial charge in [0.25, 0.3) is 11.8 Å². The Kier molecular flexibility index (Phi) is 22.8. The number of para-hydroxylation sites is 1. The second kappa shape index (κ2) is 32.9. The van der Waals surface area contributed by atoms with Crippen LogP contribution in [0.1, 0.15) is 141 Å². The van der Waals surface area contributed by atoms with Crippen LogP contribution in [0.3, 0.4) is 0 Å². The molecule has 5 aliphatic heterocycles. The van der Waals surface area contributed by atoms with Crippen molar-refractivity contribution < 1.29 is 76.7 Å². The van der Waals surface area contributed by atoms with Crippen LogP contribution in [0.25, 0.3) is 28.1 Å². The van der Waals surface area contributed by atoms with Gasteiger partial charge >= 0.3 is 6.09 Å². The summed E-state index contributed by atoms with van der Waals surface area (Å²) < 4.78 is 37.0. The highest BCUT2D eigenvalue weighted by Gasteiger charge is 2.58. The van der Waals surface area contributed by atoms with E-state index in [0.29, 0.717) is 90.5 Å². The van der Waals surface area contributed by atoms with E-state index in [1.54, 1.807) is 89.9 Å². The number of unbranched alkanes of at least 4 members (excludes halogenated alkanes) is 2. The zero-order valence-electron chi connectivity index (χ0n) is 62.2. The number of aliphatic hydroxyl groups excluding tert-OH is 1. The third-order valence-electron chi connectivity index (χ3n) is 21.4. The first-order chi connectivity index (χ1) is 52.6. The number of aliphatic hydroxyl groups is 1. The molecule has 0 radical (unpaired) electrons. The van der Waals surface area contributed by atoms with Crippen molar-refractivity contribution >= 4 is 81.8 Å². The maximum Gasteiger partial charge on any atom is 0.416 e. The number of ketones is 3. The maximum atomic E-state index is 14.5. The van der Waals surface area contributed by atoms with Crippen molar-refractivity contribution in [1.29, 1.82) is 0 Å². The number of benzene rings is 6. The Morgan fingerprint density at radius 3 is 2.08 bits per heavy atom. The van der Waals surface area contributed by atoms with Crippen LogP contribution in [0.4, 0.5) is 21.9 Å². The fourth-order valence-electron chi connectivity index (χ4n) is 14.9. The number of amides is 6. The average Bonchev–Trinajstić information content (AvgIpc) is 1.50. The molecule has 1 spiro atoms. The molecule has 1 aromatic heterocycles. The summed E-state index contributed by atoms with van der Waals surface area (Å²) in [6.45, 7) is 5.78. The van der Waals surface area contributed by atoms with Gasteiger partial charge in [-0.2, -0.15) is 0 Å². The Morgan fingerprint density at radius 2 is 1.38 bits per heavy atom. The average molecular weight is 1480 g/mol. The highest BCUT2D eigenvalue weighted by molar-refractivity contribution is 6.08. The van der Waals surface area contributed by atoms with E-state index >= 15 is 0 Å². The van der Waals surface area contributed by atoms with E-state index in [-0.39, 0.29) is 134 Å². The molecule has 109 heavy (non-hydrogen) atoms. The molecule has 1 saturated heterocycles. The number of hydrogen-bond acceptors (Lipinski definition) is 19. The molecule has 26 heteroatoms. The Morgan fingerprint density at radius 1 is 0.697 bits per heavy atom. The molecule has 5 atom stereocenters. The summed E-state index contributed by atoms with van der Waals surface area (Å²) in [6.07, 6.45) is 5.31. The number of carbonyl (C=O) groups excluding carboxylic acids is 9. The number of hydrogen-bond donors (Lipinski definition) is 3. The first-order valence-electron chi connectivity index (χ1n) is 37.1. The molecule has 2 fully saturated rings. The quantitative estimate of drug-likeness (QED) is 0.0352. The van der Waals surface area contributed by atoms with Gasteiger partial charge in [0.05, 0.1) is 99.6 Å². The van der Waals surface area contributed by atoms with Crippen molar-refractivity contribution in [2.75, 3.05) is 57.4 Å². The minimum Gasteiger partial charge on any atom is -0.497 e. The lowest BCUT2D eigenvalue weighted by Gasteiger charge is -2.31. The van der Waals surface area contributed by atoms with E-state index in [1.165, 1.54) is 26.4 Å². The molecule has 0 bridgehead atoms. The van der Waals surface area contributed by atoms with Crippen molar-refractivity contribution in [2.24, 2.45) is 29.3 Å². The molecule has 1 saturated carbocycles. The smallest absolute Gasteiger partial charge is 0.416 e. The fourth-order valence-corrected chi connectivity index (χ4v) is 14.9. The van der Waals surface area contributed by atoms with Gasteiger partial charge in [0.15, 0.2) is 40.8 Å². The van der Waals surface area contributed by atoms with Crippen molar-refractivity contribution in [3.05, 3.63) is 161 Å². The van der Waals surface area contributed by atoms with Crippen LogP contribution in [-0.2, 0) is 60.1 Å². The van der Waals surface area contributed by atoms with Gasteiger partial charge in [-0.05, 0) is 115 Å². The van der Waals surface area contributed by atoms with Gasteiger partial charge in [-0.3, -0.25) is 43.3 Å². The van der Waals surface area contributed by atoms with Crippen molar-refractivity contribution in [2.45, 2.75) is 142 Å². The molecule has 13 rings (SSSR count). The molecule has 1 aliphatic carbocycles. The number of rotatable bonds is 30. The topological polar surface area (TPSA) is 309 Å². The number of anilines is 2. The molecule has 3 N–H and O–H groups in total. The highest BCUT2D eigenvalue weighted by Crippen LogP contribution is 2.57. The monoisotopic (exact) mass is 1480 g/mol. The Labute approximate surface area is 631 Å². The van der Waals surface area contributed by atoms with Gasteiger partial charge < -0.3 is 58.9 Å². The first kappa shape index (κ1) is 75.7. The van der Waals surface area contributed by atoms with Gasteiger partial charge in [-0.25, -0.2) is 14.4 Å². The van der Waals surface area contributed by atoms with Gasteiger partial charge in [-0.15, -0.1) is 5.10 Å². The number of ether oxygens (including phenoxy) is 6. The summed E-state index contributed by atoms with van der Waals surface area (Å²) in [7, 11) is 6.43. The standard InChI is InChI=1S/C83H90N10O16/c1-49(2)62(37-58(95)44-85-74(97)29-25-57(94)26-30-75(98)91-45-54-15-9-10-16-60(54)77-76(87-88-89(77)4)61-17-11-12-18-66(61)91)78(99)86-50(3)69(96)35-51-19-21-52(22-20-51)47-109-82(103)93-67-41-73(71(106-7)39-64(67)80(101)92-48-83(31-32-83)42-68(92)81(93)102)108-34-14-8-13-33-107-72-40-65-63(38-70(72)105-6)79(100)90-46-55(36-56(90)43-84-65)53-23-27-59(104-5)28-24-53/h9-12,15-24,27-28,38-41,43,46,49-50,56,62,68,81,102H,8,13-14,25-26,29-37,42,44-45,47-48H2,1-7H3,(H,85,97)(H,86,99)/t50-,56-,62-,68-,81-/m0/s1. The number of aromatic nitrogens is 3. The lowest BCUT2D eigenvalue weighted by atomic mass is 9.89. The fraction of sp³-hybridized carbons (Fsp3) is 0.398. The SMILES string of the molecule is COc1ccc(C2=CN3C(=O)c4cc(OC)c(OCCCCCOc5cc6c(cc5OC)C(=O)N5CC7(CC7)C[C@H]5[C@H](O)N6C(=O)OCc5ccc(CC(=O)[C@H](C)NC(=O)[C@@H](CC(=O)CNC(=O)CCC(=O)CCC(=O)N6Cc7ccccc7-c7c(nnn7C)-c7ccccc76)C(C)C)cc5)cc4N=C[C@@H]3C2)cc1. The van der Waals surface area contributed by atoms with Crippen LogP contribution in [0.5, 0.6) is 28.7 Å². The molecule has 6 heterocycles. The number of methoxy groups -OCH3 is 3. The third-order valence-corrected chi connectivity index (χ3v) is 21.4. The summed E-state index contributed by atoms with van der Waals surface area (Å²) in [4.78, 5) is 134. The lowest BCUT2D eigenvalue weighted by Crippen LogP contribution is -2.50. The first-order valence-corrected chi connectivity index (χ1v) is 37.1. The van der Waals surface area contributed by atoms with E-state index in [9.17, 15) is 48.3 Å². The maximum absolute atomic E-state index is 14.5. The lowest BCUT2D eigenvalue weighted by molar-refractivity contribution is -0.133. The number of aryl methyl sites for hydroxylation is 1. The predicted octanol–water partition coefficient (Wildman–Crippen LogP) is 10.9. The largest absolute Gasteiger partial charge is 0.497 e. The van der Waals surface area contributed by atoms with Gasteiger partial charge in [0.2, 0.25) is 17.7 Å². The minimum atomic E-state index is -1.47. The molecular weight excluding hydrogens is 1390 g/mol. The molecule has 0 unspecified atom stereocenters. The summed E-state index contributed by atoms with van der Waals surface area (Å²) >= 11 is 0. The minimum absolute atomic E-state index is 0.0583. The van der Waals surface area contributed by atoms with E-state index in [2.05, 4.69) is 20.9 Å². The van der Waals surface area contributed by atoms with Crippen molar-refractivity contribution in [3.63, 3.8) is 0 Å². The molecule has 6 amide bonds. The molecular formula is C83H90N10O16. The highest BCUT2D eigenvalue weighted by atomic mass is 16.6. The van der Waals surface area contributed by atoms with Crippen LogP contribution in [0, 0.1) is 17.3 Å². The summed E-state index contributed by atoms with van der Waals surface area (Å²) in [6, 6.07) is 34.3. The molecule has 7 aromatic rings. The predicted molar refractivity (Wildman–Crippen MR) is 405 cm³/mol. The second-order valence-corrected chi connectivity index (χ2v) is 29.1. The zero-order chi connectivity index (χ0) is 76.8. The van der Waals surface area contributed by atoms with E-state index < -0.39 is 47.9 Å². The van der Waals surface area contributed by atoms with Crippen LogP contribution in [-0.4, -0.2) is 161 Å². The molecule has 6 aromatic carbocycles. The van der Waals surface area contributed by atoms with Crippen LogP contribution in [0.15, 0.2) is 133 Å². The number of aliphatic imine (C=N–C) groups is 1. The summed E-state index contributed by atoms with van der Waals surface area (Å²) in [5, 5.41) is 26.3. The van der Waals surface area contributed by atoms with Gasteiger partial charge in [-0.1, -0.05) is 97.9 Å². The van der Waals surface area contributed by atoms with Gasteiger partial charge in [0.1, 0.15) is 23.8 Å². The van der Waals surface area contributed by atoms with Crippen molar-refractivity contribution in [3.8, 4) is 51.3 Å². The van der Waals surface area contributed by atoms with E-state index in [0.717, 1.165) is 57.0 Å². The van der Waals surface area contributed by atoms with E-state index in [4.69, 9.17) is 33.4 Å². The number of Topliss-reactive ketones (excluding diaryl/α,β-unsaturated/α-hetero) is 3. The van der Waals surface area contributed by atoms with Crippen LogP contribution in [0.2, 0.25) is 0 Å². The Balaban J connectivity index is 0.557. The van der Waals surface area contributed by atoms with E-state index in [1.807, 2.05) is 86.0 Å². The Hall–Kier alpha value is -11.5. The number of nitrogens with zero attached hydrogens (tertiary/aromatic N) is 8. The van der Waals surface area contributed by atoms with Crippen LogP contribution < -0.4 is 44.1 Å². The van der Waals surface area contributed by atoms with Crippen molar-refractivity contribution in [1.82, 2.24) is 35.4 Å². The van der Waals surface area contributed by atoms with Gasteiger partial charge in [0, 0.05) is 100 Å². The molecule has 6 aliphatic rings. The molecule has 568 valence electrons. The Bertz CT molecular complexity index is 4740. The van der Waals surface area contributed by atoms with Crippen LogP contribution >= 0.6 is 0 Å². The molecule has 26 nitrogen and oxygen atoms in total. The number of carbonyl (C=O) groups is 9. The number of fused-ring (bicyclic) bond motifs is 9. The zero-order valence-corrected chi connectivity index (χ0v) is 62.2. The third kappa shape index (κ3) is 16.6. The summed E-state index contributed by atoms with van der Waals surface area (Å²) in [5.74, 6) is -1.88. The second-order valence-electron chi connectivity index (χ2n) is 29.1.